The summed E-state index contributed by atoms with van der Waals surface area (Å²) in [6.07, 6.45) is 2.26. The van der Waals surface area contributed by atoms with Gasteiger partial charge in [-0.15, -0.1) is 0 Å². The Labute approximate surface area is 155 Å². The first-order valence-electron chi connectivity index (χ1n) is 9.47. The number of amides is 1. The zero-order valence-electron chi connectivity index (χ0n) is 15.3. The first-order chi connectivity index (χ1) is 12.6. The summed E-state index contributed by atoms with van der Waals surface area (Å²) >= 11 is 0. The van der Waals surface area contributed by atoms with Crippen LogP contribution in [0.4, 0.5) is 0 Å². The second-order valence-corrected chi connectivity index (χ2v) is 7.68. The summed E-state index contributed by atoms with van der Waals surface area (Å²) in [6, 6.07) is 16.1. The van der Waals surface area contributed by atoms with Crippen molar-refractivity contribution in [3.05, 3.63) is 65.2 Å². The molecule has 0 saturated carbocycles. The van der Waals surface area contributed by atoms with E-state index < -0.39 is 0 Å². The zero-order valence-corrected chi connectivity index (χ0v) is 15.3. The standard InChI is InChI=1S/C22H26N2O2/c1-16-20(8-5-9-21(16)25)22(26)24-14-18-10-11-19(24)15-23(13-18)12-17-6-3-2-4-7-17/h2-9,18-19,25H,10-15H2,1H3. The van der Waals surface area contributed by atoms with Crippen molar-refractivity contribution < 1.29 is 9.90 Å². The number of fused-ring (bicyclic) bond motifs is 4. The molecule has 2 aromatic rings. The molecule has 2 unspecified atom stereocenters. The predicted octanol–water partition coefficient (Wildman–Crippen LogP) is 3.44. The van der Waals surface area contributed by atoms with Gasteiger partial charge in [-0.05, 0) is 43.4 Å². The number of benzene rings is 2. The summed E-state index contributed by atoms with van der Waals surface area (Å²) in [4.78, 5) is 17.7. The molecule has 1 N–H and O–H groups in total. The SMILES string of the molecule is Cc1c(O)cccc1C(=O)N1CC2CCC1CN(Cc1ccccc1)C2. The highest BCUT2D eigenvalue weighted by Crippen LogP contribution is 2.31. The van der Waals surface area contributed by atoms with E-state index in [4.69, 9.17) is 0 Å². The minimum absolute atomic E-state index is 0.0645. The Hall–Kier alpha value is -2.33. The lowest BCUT2D eigenvalue weighted by Gasteiger charge is -2.36. The molecule has 3 aliphatic heterocycles. The van der Waals surface area contributed by atoms with Crippen LogP contribution in [0, 0.1) is 12.8 Å². The third-order valence-corrected chi connectivity index (χ3v) is 5.83. The number of hydrogen-bond acceptors (Lipinski definition) is 3. The fourth-order valence-electron chi connectivity index (χ4n) is 4.41. The lowest BCUT2D eigenvalue weighted by molar-refractivity contribution is 0.0583. The molecule has 2 atom stereocenters. The molecule has 3 heterocycles. The summed E-state index contributed by atoms with van der Waals surface area (Å²) in [6.45, 7) is 5.56. The molecule has 0 aromatic heterocycles. The average Bonchev–Trinajstić information content (AvgIpc) is 2.95. The van der Waals surface area contributed by atoms with Gasteiger partial charge < -0.3 is 10.0 Å². The molecular weight excluding hydrogens is 324 g/mol. The summed E-state index contributed by atoms with van der Waals surface area (Å²) in [7, 11) is 0. The minimum Gasteiger partial charge on any atom is -0.508 e. The molecule has 4 nitrogen and oxygen atoms in total. The van der Waals surface area contributed by atoms with Crippen molar-refractivity contribution in [3.63, 3.8) is 0 Å². The average molecular weight is 350 g/mol. The van der Waals surface area contributed by atoms with E-state index in [1.54, 1.807) is 12.1 Å². The number of hydrogen-bond donors (Lipinski definition) is 1. The molecule has 0 spiro atoms. The number of piperidine rings is 1. The van der Waals surface area contributed by atoms with E-state index in [2.05, 4.69) is 34.1 Å². The first-order valence-corrected chi connectivity index (χ1v) is 9.47. The van der Waals surface area contributed by atoms with Gasteiger partial charge in [0.15, 0.2) is 0 Å². The van der Waals surface area contributed by atoms with Crippen LogP contribution < -0.4 is 0 Å². The molecule has 3 saturated heterocycles. The van der Waals surface area contributed by atoms with Crippen LogP contribution >= 0.6 is 0 Å². The van der Waals surface area contributed by atoms with Crippen molar-refractivity contribution in [1.29, 1.82) is 0 Å². The second kappa shape index (κ2) is 7.12. The van der Waals surface area contributed by atoms with E-state index in [1.807, 2.05) is 19.1 Å². The number of phenolic OH excluding ortho intramolecular Hbond substituents is 1. The molecule has 0 aliphatic carbocycles. The largest absolute Gasteiger partial charge is 0.508 e. The number of nitrogens with zero attached hydrogens (tertiary/aromatic N) is 2. The fourth-order valence-corrected chi connectivity index (χ4v) is 4.41. The maximum Gasteiger partial charge on any atom is 0.254 e. The zero-order chi connectivity index (χ0) is 18.1. The summed E-state index contributed by atoms with van der Waals surface area (Å²) < 4.78 is 0. The van der Waals surface area contributed by atoms with Crippen LogP contribution in [-0.2, 0) is 6.54 Å². The van der Waals surface area contributed by atoms with Crippen LogP contribution in [0.3, 0.4) is 0 Å². The summed E-state index contributed by atoms with van der Waals surface area (Å²) in [5.74, 6) is 0.787. The Bertz CT molecular complexity index is 790. The van der Waals surface area contributed by atoms with Gasteiger partial charge >= 0.3 is 0 Å². The smallest absolute Gasteiger partial charge is 0.254 e. The number of carbonyl (C=O) groups is 1. The molecular formula is C22H26N2O2. The topological polar surface area (TPSA) is 43.8 Å². The van der Waals surface area contributed by atoms with Crippen LogP contribution in [0.15, 0.2) is 48.5 Å². The Balaban J connectivity index is 1.53. The summed E-state index contributed by atoms with van der Waals surface area (Å²) in [5.41, 5.74) is 2.64. The van der Waals surface area contributed by atoms with Crippen LogP contribution in [0.2, 0.25) is 0 Å². The number of aromatic hydroxyl groups is 1. The normalized spacial score (nSPS) is 23.0. The number of phenols is 1. The highest BCUT2D eigenvalue weighted by Gasteiger charge is 2.37. The van der Waals surface area contributed by atoms with E-state index in [0.717, 1.165) is 32.6 Å². The van der Waals surface area contributed by atoms with E-state index in [0.29, 0.717) is 17.0 Å². The molecule has 136 valence electrons. The maximum absolute atomic E-state index is 13.2. The minimum atomic E-state index is 0.0645. The Kier molecular flexibility index (Phi) is 4.68. The van der Waals surface area contributed by atoms with E-state index in [-0.39, 0.29) is 17.7 Å². The van der Waals surface area contributed by atoms with Gasteiger partial charge in [0.05, 0.1) is 0 Å². The number of carbonyl (C=O) groups excluding carboxylic acids is 1. The van der Waals surface area contributed by atoms with Crippen molar-refractivity contribution >= 4 is 5.91 Å². The van der Waals surface area contributed by atoms with Crippen LogP contribution in [-0.4, -0.2) is 46.5 Å². The molecule has 3 aliphatic rings. The lowest BCUT2D eigenvalue weighted by Crippen LogP contribution is -2.47. The van der Waals surface area contributed by atoms with Crippen molar-refractivity contribution in [3.8, 4) is 5.75 Å². The van der Waals surface area contributed by atoms with Crippen LogP contribution in [0.25, 0.3) is 0 Å². The predicted molar refractivity (Wildman–Crippen MR) is 102 cm³/mol. The van der Waals surface area contributed by atoms with E-state index in [1.165, 1.54) is 12.0 Å². The highest BCUT2D eigenvalue weighted by atomic mass is 16.3. The maximum atomic E-state index is 13.2. The molecule has 1 amide bonds. The quantitative estimate of drug-likeness (QED) is 0.922. The number of rotatable bonds is 3. The Morgan fingerprint density at radius 3 is 2.65 bits per heavy atom. The Morgan fingerprint density at radius 1 is 1.04 bits per heavy atom. The first kappa shape index (κ1) is 17.1. The van der Waals surface area contributed by atoms with Gasteiger partial charge in [-0.3, -0.25) is 9.69 Å². The van der Waals surface area contributed by atoms with E-state index in [9.17, 15) is 9.90 Å². The monoisotopic (exact) mass is 350 g/mol. The lowest BCUT2D eigenvalue weighted by atomic mass is 9.93. The second-order valence-electron chi connectivity index (χ2n) is 7.68. The van der Waals surface area contributed by atoms with Gasteiger partial charge in [0.25, 0.3) is 5.91 Å². The van der Waals surface area contributed by atoms with Crippen molar-refractivity contribution in [2.24, 2.45) is 5.92 Å². The highest BCUT2D eigenvalue weighted by molar-refractivity contribution is 5.96. The molecule has 2 bridgehead atoms. The molecule has 3 fully saturated rings. The summed E-state index contributed by atoms with van der Waals surface area (Å²) in [5, 5.41) is 9.96. The fraction of sp³-hybridized carbons (Fsp3) is 0.409. The van der Waals surface area contributed by atoms with Gasteiger partial charge in [0, 0.05) is 43.3 Å². The van der Waals surface area contributed by atoms with Crippen LogP contribution in [0.1, 0.15) is 34.3 Å². The van der Waals surface area contributed by atoms with Crippen molar-refractivity contribution in [1.82, 2.24) is 9.80 Å². The molecule has 26 heavy (non-hydrogen) atoms. The van der Waals surface area contributed by atoms with Gasteiger partial charge in [-0.2, -0.15) is 0 Å². The molecule has 0 radical (unpaired) electrons. The molecule has 4 heteroatoms. The third-order valence-electron chi connectivity index (χ3n) is 5.83. The van der Waals surface area contributed by atoms with E-state index >= 15 is 0 Å². The van der Waals surface area contributed by atoms with Gasteiger partial charge in [-0.25, -0.2) is 0 Å². The van der Waals surface area contributed by atoms with Gasteiger partial charge in [0.2, 0.25) is 0 Å². The van der Waals surface area contributed by atoms with Crippen LogP contribution in [0.5, 0.6) is 5.75 Å². The molecule has 5 rings (SSSR count). The Morgan fingerprint density at radius 2 is 1.85 bits per heavy atom. The van der Waals surface area contributed by atoms with Crippen molar-refractivity contribution in [2.75, 3.05) is 19.6 Å². The third kappa shape index (κ3) is 3.34. The van der Waals surface area contributed by atoms with Gasteiger partial charge in [-0.1, -0.05) is 36.4 Å². The van der Waals surface area contributed by atoms with Gasteiger partial charge in [0.1, 0.15) is 5.75 Å². The van der Waals surface area contributed by atoms with Crippen molar-refractivity contribution in [2.45, 2.75) is 32.4 Å². The molecule has 2 aromatic carbocycles.